The lowest BCUT2D eigenvalue weighted by molar-refractivity contribution is -0.121. The van der Waals surface area contributed by atoms with Crippen molar-refractivity contribution < 1.29 is 22.7 Å². The number of hydrazone groups is 1. The molecule has 0 fully saturated rings. The number of sulfonamides is 1. The minimum atomic E-state index is -4.11. The molecule has 3 aromatic carbocycles. The van der Waals surface area contributed by atoms with Gasteiger partial charge in [-0.15, -0.1) is 0 Å². The van der Waals surface area contributed by atoms with Crippen molar-refractivity contribution in [3.63, 3.8) is 0 Å². The van der Waals surface area contributed by atoms with Gasteiger partial charge in [0.1, 0.15) is 0 Å². The number of benzene rings is 3. The summed E-state index contributed by atoms with van der Waals surface area (Å²) in [6.45, 7) is -0.631. The second kappa shape index (κ2) is 10.8. The second-order valence-electron chi connectivity index (χ2n) is 7.33. The fourth-order valence-corrected chi connectivity index (χ4v) is 5.22. The first kappa shape index (κ1) is 25.3. The molecule has 8 nitrogen and oxygen atoms in total. The molecule has 1 aliphatic rings. The van der Waals surface area contributed by atoms with Gasteiger partial charge >= 0.3 is 0 Å². The number of hydrogen-bond acceptors (Lipinski definition) is 6. The zero-order valence-electron chi connectivity index (χ0n) is 17.9. The predicted octanol–water partition coefficient (Wildman–Crippen LogP) is 4.72. The van der Waals surface area contributed by atoms with Crippen LogP contribution in [0.5, 0.6) is 11.5 Å². The van der Waals surface area contributed by atoms with Crippen LogP contribution in [0, 0.1) is 0 Å². The van der Waals surface area contributed by atoms with Gasteiger partial charge in [-0.3, -0.25) is 4.79 Å². The first-order valence-corrected chi connectivity index (χ1v) is 12.7. The number of ether oxygens (including phenoxy) is 2. The number of rotatable bonds is 8. The molecule has 1 aliphatic heterocycles. The first-order chi connectivity index (χ1) is 16.7. The molecule has 3 aromatic rings. The molecule has 182 valence electrons. The molecule has 0 unspecified atom stereocenters. The number of amides is 1. The number of carbonyl (C=O) groups is 1. The maximum atomic E-state index is 13.4. The van der Waals surface area contributed by atoms with E-state index in [4.69, 9.17) is 44.3 Å². The van der Waals surface area contributed by atoms with Crippen LogP contribution in [-0.2, 0) is 21.4 Å². The molecular formula is C23H18Cl3N3O5S. The molecule has 35 heavy (non-hydrogen) atoms. The summed E-state index contributed by atoms with van der Waals surface area (Å²) in [5.41, 5.74) is 3.36. The van der Waals surface area contributed by atoms with E-state index in [1.807, 2.05) is 0 Å². The van der Waals surface area contributed by atoms with Gasteiger partial charge < -0.3 is 9.47 Å². The quantitative estimate of drug-likeness (QED) is 0.321. The molecule has 4 rings (SSSR count). The largest absolute Gasteiger partial charge is 0.454 e. The van der Waals surface area contributed by atoms with Crippen LogP contribution in [0.15, 0.2) is 70.7 Å². The Balaban J connectivity index is 1.53. The van der Waals surface area contributed by atoms with E-state index in [-0.39, 0.29) is 28.3 Å². The summed E-state index contributed by atoms with van der Waals surface area (Å²) < 4.78 is 38.3. The summed E-state index contributed by atoms with van der Waals surface area (Å²) >= 11 is 18.4. The van der Waals surface area contributed by atoms with E-state index < -0.39 is 22.5 Å². The third-order valence-corrected chi connectivity index (χ3v) is 7.73. The van der Waals surface area contributed by atoms with Crippen LogP contribution in [0.25, 0.3) is 0 Å². The first-order valence-electron chi connectivity index (χ1n) is 10.1. The Morgan fingerprint density at radius 3 is 2.40 bits per heavy atom. The lowest BCUT2D eigenvalue weighted by Crippen LogP contribution is -2.39. The van der Waals surface area contributed by atoms with Gasteiger partial charge in [-0.2, -0.15) is 9.41 Å². The van der Waals surface area contributed by atoms with Crippen molar-refractivity contribution in [1.29, 1.82) is 0 Å². The second-order valence-corrected chi connectivity index (χ2v) is 10.5. The Kier molecular flexibility index (Phi) is 7.83. The van der Waals surface area contributed by atoms with Crippen LogP contribution < -0.4 is 14.9 Å². The van der Waals surface area contributed by atoms with E-state index >= 15 is 0 Å². The number of halogens is 3. The highest BCUT2D eigenvalue weighted by molar-refractivity contribution is 7.89. The van der Waals surface area contributed by atoms with Crippen molar-refractivity contribution in [2.24, 2.45) is 5.10 Å². The smallest absolute Gasteiger partial charge is 0.255 e. The molecule has 1 heterocycles. The number of carbonyl (C=O) groups excluding carboxylic acids is 1. The maximum Gasteiger partial charge on any atom is 0.255 e. The SMILES string of the molecule is O=C(CN(Cc1c(Cl)cccc1Cl)S(=O)(=O)c1ccc(Cl)cc1)N/N=C\c1ccc2c(c1)OCO2. The van der Waals surface area contributed by atoms with Gasteiger partial charge in [0.25, 0.3) is 5.91 Å². The van der Waals surface area contributed by atoms with E-state index in [2.05, 4.69) is 10.5 Å². The van der Waals surface area contributed by atoms with Gasteiger partial charge in [0, 0.05) is 27.2 Å². The van der Waals surface area contributed by atoms with E-state index in [0.29, 0.717) is 27.6 Å². The zero-order chi connectivity index (χ0) is 25.0. The molecule has 0 atom stereocenters. The lowest BCUT2D eigenvalue weighted by Gasteiger charge is -2.22. The summed E-state index contributed by atoms with van der Waals surface area (Å²) in [4.78, 5) is 12.6. The molecular weight excluding hydrogens is 537 g/mol. The molecule has 0 aliphatic carbocycles. The number of nitrogens with one attached hydrogen (secondary N) is 1. The van der Waals surface area contributed by atoms with Crippen LogP contribution in [0.3, 0.4) is 0 Å². The zero-order valence-corrected chi connectivity index (χ0v) is 21.0. The molecule has 0 saturated heterocycles. The van der Waals surface area contributed by atoms with Gasteiger partial charge in [0.15, 0.2) is 11.5 Å². The molecule has 0 radical (unpaired) electrons. The summed E-state index contributed by atoms with van der Waals surface area (Å²) in [7, 11) is -4.11. The molecule has 12 heteroatoms. The van der Waals surface area contributed by atoms with Gasteiger partial charge in [0.05, 0.1) is 17.7 Å². The summed E-state index contributed by atoms with van der Waals surface area (Å²) in [6, 6.07) is 15.6. The minimum absolute atomic E-state index is 0.0401. The van der Waals surface area contributed by atoms with Crippen molar-refractivity contribution in [1.82, 2.24) is 9.73 Å². The van der Waals surface area contributed by atoms with E-state index in [1.165, 1.54) is 30.5 Å². The average Bonchev–Trinajstić information content (AvgIpc) is 3.29. The summed E-state index contributed by atoms with van der Waals surface area (Å²) in [6.07, 6.45) is 1.41. The van der Waals surface area contributed by atoms with Crippen molar-refractivity contribution >= 4 is 56.9 Å². The molecule has 0 spiro atoms. The van der Waals surface area contributed by atoms with Gasteiger partial charge in [-0.1, -0.05) is 40.9 Å². The minimum Gasteiger partial charge on any atom is -0.454 e. The topological polar surface area (TPSA) is 97.3 Å². The third kappa shape index (κ3) is 6.06. The molecule has 0 aromatic heterocycles. The summed E-state index contributed by atoms with van der Waals surface area (Å²) in [5, 5.41) is 4.84. The van der Waals surface area contributed by atoms with Gasteiger partial charge in [0.2, 0.25) is 16.8 Å². The highest BCUT2D eigenvalue weighted by Crippen LogP contribution is 2.32. The van der Waals surface area contributed by atoms with Gasteiger partial charge in [-0.05, 0) is 60.2 Å². The van der Waals surface area contributed by atoms with Crippen LogP contribution >= 0.6 is 34.8 Å². The monoisotopic (exact) mass is 553 g/mol. The van der Waals surface area contributed by atoms with Crippen molar-refractivity contribution in [2.45, 2.75) is 11.4 Å². The Bertz CT molecular complexity index is 1360. The normalized spacial score (nSPS) is 12.9. The Morgan fingerprint density at radius 1 is 1.00 bits per heavy atom. The van der Waals surface area contributed by atoms with E-state index in [1.54, 1.807) is 36.4 Å². The molecule has 1 N–H and O–H groups in total. The lowest BCUT2D eigenvalue weighted by atomic mass is 10.2. The van der Waals surface area contributed by atoms with Crippen molar-refractivity contribution in [3.8, 4) is 11.5 Å². The standard InChI is InChI=1S/C23H18Cl3N3O5S/c24-16-5-7-17(8-6-16)35(31,32)29(12-18-19(25)2-1-3-20(18)26)13-23(30)28-27-11-15-4-9-21-22(10-15)34-14-33-21/h1-11H,12-14H2,(H,28,30)/b27-11-. The molecule has 0 bridgehead atoms. The predicted molar refractivity (Wildman–Crippen MR) is 134 cm³/mol. The van der Waals surface area contributed by atoms with Crippen LogP contribution in [0.2, 0.25) is 15.1 Å². The van der Waals surface area contributed by atoms with Crippen molar-refractivity contribution in [3.05, 3.63) is 86.9 Å². The van der Waals surface area contributed by atoms with Crippen LogP contribution in [0.4, 0.5) is 0 Å². The molecule has 1 amide bonds. The maximum absolute atomic E-state index is 13.4. The van der Waals surface area contributed by atoms with Crippen molar-refractivity contribution in [2.75, 3.05) is 13.3 Å². The van der Waals surface area contributed by atoms with Crippen LogP contribution in [0.1, 0.15) is 11.1 Å². The fourth-order valence-electron chi connectivity index (χ4n) is 3.21. The average molecular weight is 555 g/mol. The Labute approximate surface area is 217 Å². The third-order valence-electron chi connectivity index (χ3n) is 4.97. The Hall–Kier alpha value is -2.82. The number of fused-ring (bicyclic) bond motifs is 1. The summed E-state index contributed by atoms with van der Waals surface area (Å²) in [5.74, 6) is 0.521. The Morgan fingerprint density at radius 2 is 1.69 bits per heavy atom. The highest BCUT2D eigenvalue weighted by atomic mass is 35.5. The highest BCUT2D eigenvalue weighted by Gasteiger charge is 2.28. The van der Waals surface area contributed by atoms with Gasteiger partial charge in [-0.25, -0.2) is 13.8 Å². The van der Waals surface area contributed by atoms with Crippen LogP contribution in [-0.4, -0.2) is 38.2 Å². The molecule has 0 saturated carbocycles. The van der Waals surface area contributed by atoms with E-state index in [0.717, 1.165) is 4.31 Å². The number of nitrogens with zero attached hydrogens (tertiary/aromatic N) is 2. The fraction of sp³-hybridized carbons (Fsp3) is 0.130. The number of hydrogen-bond donors (Lipinski definition) is 1. The van der Waals surface area contributed by atoms with E-state index in [9.17, 15) is 13.2 Å².